The predicted molar refractivity (Wildman–Crippen MR) is 105 cm³/mol. The molecule has 1 aromatic carbocycles. The Morgan fingerprint density at radius 3 is 2.86 bits per heavy atom. The maximum atomic E-state index is 14.0. The molecule has 0 aliphatic carbocycles. The van der Waals surface area contributed by atoms with E-state index >= 15 is 0 Å². The van der Waals surface area contributed by atoms with Gasteiger partial charge in [0.1, 0.15) is 5.82 Å². The third kappa shape index (κ3) is 3.68. The lowest BCUT2D eigenvalue weighted by atomic mass is 9.78. The number of nitrogens with zero attached hydrogens (tertiary/aromatic N) is 3. The number of amides is 2. The van der Waals surface area contributed by atoms with Crippen LogP contribution in [0.4, 0.5) is 4.39 Å². The summed E-state index contributed by atoms with van der Waals surface area (Å²) in [6.07, 6.45) is 2.64. The van der Waals surface area contributed by atoms with Gasteiger partial charge in [0.05, 0.1) is 22.5 Å². The van der Waals surface area contributed by atoms with Gasteiger partial charge in [0, 0.05) is 37.1 Å². The molecule has 3 heterocycles. The maximum absolute atomic E-state index is 14.0. The summed E-state index contributed by atoms with van der Waals surface area (Å²) in [7, 11) is 0. The highest BCUT2D eigenvalue weighted by molar-refractivity contribution is 7.09. The van der Waals surface area contributed by atoms with E-state index in [9.17, 15) is 14.0 Å². The second-order valence-electron chi connectivity index (χ2n) is 7.80. The molecule has 0 saturated carbocycles. The van der Waals surface area contributed by atoms with Crippen LogP contribution in [0.15, 0.2) is 29.6 Å². The zero-order valence-corrected chi connectivity index (χ0v) is 16.8. The van der Waals surface area contributed by atoms with Gasteiger partial charge in [-0.25, -0.2) is 9.37 Å². The molecule has 2 fully saturated rings. The molecule has 0 bridgehead atoms. The van der Waals surface area contributed by atoms with Crippen molar-refractivity contribution in [1.82, 2.24) is 14.8 Å². The molecule has 5 nitrogen and oxygen atoms in total. The first kappa shape index (κ1) is 19.1. The van der Waals surface area contributed by atoms with Crippen LogP contribution in [-0.4, -0.2) is 46.2 Å². The van der Waals surface area contributed by atoms with E-state index in [1.807, 2.05) is 12.3 Å². The number of thiazole rings is 1. The average Bonchev–Trinajstić information content (AvgIpc) is 3.28. The number of likely N-dealkylation sites (tertiary alicyclic amines) is 2. The van der Waals surface area contributed by atoms with Crippen LogP contribution in [0.5, 0.6) is 0 Å². The summed E-state index contributed by atoms with van der Waals surface area (Å²) in [6.45, 7) is 3.91. The molecule has 2 aliphatic rings. The van der Waals surface area contributed by atoms with E-state index in [-0.39, 0.29) is 24.1 Å². The summed E-state index contributed by atoms with van der Waals surface area (Å²) >= 11 is 1.54. The van der Waals surface area contributed by atoms with Gasteiger partial charge in [-0.3, -0.25) is 9.59 Å². The van der Waals surface area contributed by atoms with Gasteiger partial charge in [-0.05, 0) is 32.3 Å². The van der Waals surface area contributed by atoms with Gasteiger partial charge < -0.3 is 9.80 Å². The largest absolute Gasteiger partial charge is 0.341 e. The van der Waals surface area contributed by atoms with Gasteiger partial charge in [0.15, 0.2) is 0 Å². The van der Waals surface area contributed by atoms with Crippen LogP contribution in [0.25, 0.3) is 0 Å². The van der Waals surface area contributed by atoms with E-state index in [0.717, 1.165) is 23.5 Å². The highest BCUT2D eigenvalue weighted by atomic mass is 32.1. The molecule has 1 aromatic heterocycles. The number of piperidine rings is 1. The number of halogens is 1. The Hall–Kier alpha value is -2.28. The molecular weight excluding hydrogens is 377 g/mol. The zero-order valence-electron chi connectivity index (χ0n) is 16.0. The number of hydrogen-bond acceptors (Lipinski definition) is 4. The molecule has 2 saturated heterocycles. The van der Waals surface area contributed by atoms with Gasteiger partial charge in [0.2, 0.25) is 11.8 Å². The number of aryl methyl sites for hydroxylation is 1. The first-order valence-electron chi connectivity index (χ1n) is 9.68. The van der Waals surface area contributed by atoms with Gasteiger partial charge >= 0.3 is 0 Å². The summed E-state index contributed by atoms with van der Waals surface area (Å²) in [4.78, 5) is 33.9. The van der Waals surface area contributed by atoms with Gasteiger partial charge in [-0.2, -0.15) is 0 Å². The zero-order chi connectivity index (χ0) is 19.7. The summed E-state index contributed by atoms with van der Waals surface area (Å²) in [5, 5.41) is 2.87. The van der Waals surface area contributed by atoms with E-state index in [2.05, 4.69) is 4.98 Å². The van der Waals surface area contributed by atoms with E-state index in [0.29, 0.717) is 38.2 Å². The quantitative estimate of drug-likeness (QED) is 0.791. The van der Waals surface area contributed by atoms with E-state index < -0.39 is 5.41 Å². The molecule has 2 aromatic rings. The molecule has 1 spiro atoms. The van der Waals surface area contributed by atoms with E-state index in [1.54, 1.807) is 28.0 Å². The first-order chi connectivity index (χ1) is 13.5. The summed E-state index contributed by atoms with van der Waals surface area (Å²) in [6, 6.07) is 6.60. The number of carbonyl (C=O) groups excluding carboxylic acids is 2. The predicted octanol–water partition coefficient (Wildman–Crippen LogP) is 3.17. The van der Waals surface area contributed by atoms with Crippen LogP contribution < -0.4 is 0 Å². The van der Waals surface area contributed by atoms with E-state index in [1.165, 1.54) is 17.4 Å². The molecule has 2 aliphatic heterocycles. The Morgan fingerprint density at radius 1 is 1.29 bits per heavy atom. The Morgan fingerprint density at radius 2 is 2.11 bits per heavy atom. The van der Waals surface area contributed by atoms with Crippen LogP contribution in [-0.2, 0) is 22.6 Å². The molecule has 7 heteroatoms. The minimum Gasteiger partial charge on any atom is -0.341 e. The van der Waals surface area contributed by atoms with Crippen LogP contribution in [0.3, 0.4) is 0 Å². The van der Waals surface area contributed by atoms with Gasteiger partial charge in [-0.15, -0.1) is 11.3 Å². The van der Waals surface area contributed by atoms with Crippen molar-refractivity contribution in [2.45, 2.75) is 39.2 Å². The lowest BCUT2D eigenvalue weighted by Gasteiger charge is -2.39. The SMILES string of the molecule is Cc1nc(CC(=O)N2CC[C@@]3(CCCN(Cc4ccccc4F)C3=O)C2)cs1. The smallest absolute Gasteiger partial charge is 0.230 e. The number of aromatic nitrogens is 1. The fourth-order valence-corrected chi connectivity index (χ4v) is 4.97. The third-order valence-electron chi connectivity index (χ3n) is 5.85. The number of hydrogen-bond donors (Lipinski definition) is 0. The fraction of sp³-hybridized carbons (Fsp3) is 0.476. The summed E-state index contributed by atoms with van der Waals surface area (Å²) in [5.41, 5.74) is 0.819. The second-order valence-corrected chi connectivity index (χ2v) is 8.86. The Balaban J connectivity index is 1.43. The number of rotatable bonds is 4. The van der Waals surface area contributed by atoms with Crippen molar-refractivity contribution in [3.63, 3.8) is 0 Å². The lowest BCUT2D eigenvalue weighted by molar-refractivity contribution is -0.146. The minimum atomic E-state index is -0.517. The fourth-order valence-electron chi connectivity index (χ4n) is 4.36. The van der Waals surface area contributed by atoms with Crippen molar-refractivity contribution < 1.29 is 14.0 Å². The van der Waals surface area contributed by atoms with Crippen LogP contribution in [0.2, 0.25) is 0 Å². The summed E-state index contributed by atoms with van der Waals surface area (Å²) < 4.78 is 14.0. The Labute approximate surface area is 168 Å². The Kier molecular flexibility index (Phi) is 5.19. The Bertz CT molecular complexity index is 899. The molecule has 0 N–H and O–H groups in total. The lowest BCUT2D eigenvalue weighted by Crippen LogP contribution is -2.50. The summed E-state index contributed by atoms with van der Waals surface area (Å²) in [5.74, 6) is -0.195. The van der Waals surface area contributed by atoms with Crippen molar-refractivity contribution in [1.29, 1.82) is 0 Å². The average molecular weight is 402 g/mol. The molecule has 0 radical (unpaired) electrons. The molecule has 148 valence electrons. The second kappa shape index (κ2) is 7.62. The molecule has 4 rings (SSSR count). The van der Waals surface area contributed by atoms with Crippen molar-refractivity contribution in [2.24, 2.45) is 5.41 Å². The highest BCUT2D eigenvalue weighted by Crippen LogP contribution is 2.40. The van der Waals surface area contributed by atoms with E-state index in [4.69, 9.17) is 0 Å². The standard InChI is InChI=1S/C21H24FN3O2S/c1-15-23-17(13-28-15)11-19(26)25-10-8-21(14-25)7-4-9-24(20(21)27)12-16-5-2-3-6-18(16)22/h2-3,5-6,13H,4,7-12,14H2,1H3/t21-/m0/s1. The van der Waals surface area contributed by atoms with Crippen molar-refractivity contribution in [3.8, 4) is 0 Å². The first-order valence-corrected chi connectivity index (χ1v) is 10.6. The van der Waals surface area contributed by atoms with Gasteiger partial charge in [0.25, 0.3) is 0 Å². The van der Waals surface area contributed by atoms with Crippen LogP contribution >= 0.6 is 11.3 Å². The third-order valence-corrected chi connectivity index (χ3v) is 6.67. The maximum Gasteiger partial charge on any atom is 0.230 e. The minimum absolute atomic E-state index is 0.0289. The normalized spacial score (nSPS) is 22.3. The number of carbonyl (C=O) groups is 2. The number of benzene rings is 1. The van der Waals surface area contributed by atoms with Crippen LogP contribution in [0.1, 0.15) is 35.5 Å². The molecule has 0 unspecified atom stereocenters. The van der Waals surface area contributed by atoms with Crippen molar-refractivity contribution >= 4 is 23.2 Å². The molecule has 2 amide bonds. The molecular formula is C21H24FN3O2S. The monoisotopic (exact) mass is 401 g/mol. The van der Waals surface area contributed by atoms with Crippen molar-refractivity contribution in [3.05, 3.63) is 51.7 Å². The van der Waals surface area contributed by atoms with Crippen LogP contribution in [0, 0.1) is 18.2 Å². The molecule has 28 heavy (non-hydrogen) atoms. The van der Waals surface area contributed by atoms with Gasteiger partial charge in [-0.1, -0.05) is 18.2 Å². The molecule has 1 atom stereocenters. The van der Waals surface area contributed by atoms with Crippen molar-refractivity contribution in [2.75, 3.05) is 19.6 Å². The topological polar surface area (TPSA) is 53.5 Å². The highest BCUT2D eigenvalue weighted by Gasteiger charge is 2.49.